The Labute approximate surface area is 883 Å². The molecule has 0 atom stereocenters. The Hall–Kier alpha value is -15.6. The molecule has 0 radical (unpaired) electrons. The maximum Gasteiger partial charge on any atom is 7.00 e. The van der Waals surface area contributed by atoms with Gasteiger partial charge < -0.3 is 176 Å². The zero-order valence-electron chi connectivity index (χ0n) is 83.6. The number of carboxylic acid groups (broad SMARTS) is 14. The Morgan fingerprint density at radius 1 is 0.148 bits per heavy atom. The van der Waals surface area contributed by atoms with Gasteiger partial charge in [-0.05, 0) is 175 Å². The molecule has 49 nitrogen and oxygen atoms in total. The monoisotopic (exact) mass is 2240 g/mol. The number of benzene rings is 7. The summed E-state index contributed by atoms with van der Waals surface area (Å²) in [6.45, 7) is 13.6. The quantitative estimate of drug-likeness (QED) is 0.0186. The largest absolute Gasteiger partial charge is 7.00 e. The molecule has 0 spiro atoms. The molecule has 0 unspecified atom stereocenters. The van der Waals surface area contributed by atoms with Crippen LogP contribution in [-0.2, 0) is 141 Å². The second-order valence-electron chi connectivity index (χ2n) is 32.9. The molecule has 7 aromatic rings. The number of amides is 7. The number of aryl methyl sites for hydroxylation is 14. The van der Waals surface area contributed by atoms with E-state index < -0.39 is 217 Å². The first kappa shape index (κ1) is 135. The van der Waals surface area contributed by atoms with Crippen LogP contribution in [0.5, 0.6) is 0 Å². The van der Waals surface area contributed by atoms with E-state index in [-0.39, 0.29) is 86.0 Å². The molecule has 0 saturated heterocycles. The van der Waals surface area contributed by atoms with Crippen molar-refractivity contribution < 1.29 is 212 Å². The van der Waals surface area contributed by atoms with Gasteiger partial charge in [-0.3, -0.25) is 67.9 Å². The van der Waals surface area contributed by atoms with Gasteiger partial charge >= 0.3 is 40.2 Å². The summed E-state index contributed by atoms with van der Waals surface area (Å²) in [6.07, 6.45) is 0. The van der Waals surface area contributed by atoms with Crippen LogP contribution in [0.4, 0.5) is 39.8 Å². The van der Waals surface area contributed by atoms with Gasteiger partial charge in [-0.2, -0.15) is 0 Å². The maximum absolute atomic E-state index is 11.9. The van der Waals surface area contributed by atoms with Crippen LogP contribution < -0.4 is 109 Å². The smallest absolute Gasteiger partial charge is 0.549 e. The van der Waals surface area contributed by atoms with Crippen molar-refractivity contribution in [2.24, 2.45) is 0 Å². The number of nitrogens with one attached hydrogen (secondary N) is 7. The summed E-state index contributed by atoms with van der Waals surface area (Å²) in [7, 11) is 0. The van der Waals surface area contributed by atoms with E-state index in [9.17, 15) is 172 Å². The molecule has 51 heteroatoms. The van der Waals surface area contributed by atoms with Crippen molar-refractivity contribution in [3.05, 3.63) is 205 Å². The number of carbonyl (C=O) groups excluding carboxylic acids is 21. The second kappa shape index (κ2) is 70.3. The van der Waals surface area contributed by atoms with E-state index >= 15 is 0 Å². The average Bonchev–Trinajstić information content (AvgIpc) is 0.881. The van der Waals surface area contributed by atoms with Gasteiger partial charge in [0.25, 0.3) is 0 Å². The molecule has 0 saturated carbocycles. The number of rotatable bonds is 49. The first-order valence-corrected chi connectivity index (χ1v) is 43.9. The third-order valence-corrected chi connectivity index (χ3v) is 19.7. The van der Waals surface area contributed by atoms with Crippen molar-refractivity contribution in [2.75, 3.05) is 175 Å². The number of hydrogen-bond donors (Lipinski definition) is 7. The molecule has 7 aromatic carbocycles. The normalized spacial score (nSPS) is 10.3. The van der Waals surface area contributed by atoms with Gasteiger partial charge in [-0.15, -0.1) is 0 Å². The van der Waals surface area contributed by atoms with Crippen molar-refractivity contribution in [1.82, 2.24) is 34.3 Å². The van der Waals surface area contributed by atoms with Gasteiger partial charge in [0.2, 0.25) is 41.4 Å². The van der Waals surface area contributed by atoms with Crippen molar-refractivity contribution >= 4 is 165 Å². The molecule has 0 aliphatic rings. The summed E-state index contributed by atoms with van der Waals surface area (Å²) in [4.78, 5) is 237. The van der Waals surface area contributed by atoms with E-state index in [2.05, 4.69) is 37.2 Å². The van der Waals surface area contributed by atoms with Gasteiger partial charge in [0.05, 0.1) is 129 Å². The third-order valence-electron chi connectivity index (χ3n) is 19.7. The predicted molar refractivity (Wildman–Crippen MR) is 497 cm³/mol. The molecular weight excluding hydrogens is 2130 g/mol. The van der Waals surface area contributed by atoms with Crippen molar-refractivity contribution in [3.63, 3.8) is 0 Å². The first-order valence-electron chi connectivity index (χ1n) is 43.9. The molecule has 7 amide bonds. The molecule has 7 rings (SSSR count). The van der Waals surface area contributed by atoms with Gasteiger partial charge in [0.1, 0.15) is 0 Å². The number of carboxylic acids is 14. The van der Waals surface area contributed by atoms with Crippen LogP contribution in [0.2, 0.25) is 0 Å². The van der Waals surface area contributed by atoms with Gasteiger partial charge in [-0.1, -0.05) is 127 Å². The van der Waals surface area contributed by atoms with Crippen molar-refractivity contribution in [2.45, 2.75) is 96.9 Å². The fraction of sp³-hybridized carbons (Fsp3) is 0.357. The molecule has 0 aromatic heterocycles. The Bertz CT molecular complexity index is 4630. The van der Waals surface area contributed by atoms with Crippen LogP contribution in [0.3, 0.4) is 0 Å². The van der Waals surface area contributed by atoms with Crippen LogP contribution in [0.1, 0.15) is 77.9 Å². The number of carbonyl (C=O) groups is 21. The van der Waals surface area contributed by atoms with E-state index in [0.29, 0.717) is 39.8 Å². The van der Waals surface area contributed by atoms with Crippen LogP contribution in [-0.4, -0.2) is 297 Å². The SMILES string of the molecule is Cc1cccc(C)c1NC(=O)CN(CC(=O)[O-])CC(=O)[O-].Cc1cccc(C)c1NC(=O)CN(CC(=O)[O-])CC(=O)[O-].Cc1cccc(C)c1NC(=O)CN(CC(=O)[O-])CC(=O)[O-].Cc1cccc(C)c1NC(=O)CN(CC(=O)[O-])CC(=O)[O-].Cc1cccc(C)c1NC(=O)CN(CC(=O)[O-])CC(=O)[O-].Cc1cccc(C)c1NC(=O)CN(CC(=O)[O-])CC(=O)[O-].Cc1cccc(C)c1NC(=O)CN(CC(=O)[O-])CC(=O)[O-].[Tc+7].[Tc+7]. The minimum Gasteiger partial charge on any atom is -0.549 e. The summed E-state index contributed by atoms with van der Waals surface area (Å²) in [5.41, 5.74) is 16.4. The van der Waals surface area contributed by atoms with Crippen LogP contribution in [0.25, 0.3) is 0 Å². The summed E-state index contributed by atoms with van der Waals surface area (Å²) in [6, 6.07) is 38.4. The summed E-state index contributed by atoms with van der Waals surface area (Å²) in [5, 5.41) is 166. The molecule has 149 heavy (non-hydrogen) atoms. The van der Waals surface area contributed by atoms with E-state index in [0.717, 1.165) is 112 Å². The van der Waals surface area contributed by atoms with E-state index in [1.807, 2.05) is 224 Å². The number of nitrogens with zero attached hydrogens (tertiary/aromatic N) is 7. The van der Waals surface area contributed by atoms with E-state index in [4.69, 9.17) is 0 Å². The summed E-state index contributed by atoms with van der Waals surface area (Å²) < 4.78 is 0. The van der Waals surface area contributed by atoms with Gasteiger partial charge in [0.15, 0.2) is 0 Å². The van der Waals surface area contributed by atoms with E-state index in [1.165, 1.54) is 0 Å². The zero-order valence-corrected chi connectivity index (χ0v) is 87.4. The molecule has 0 heterocycles. The fourth-order valence-corrected chi connectivity index (χ4v) is 13.5. The zero-order chi connectivity index (χ0) is 112. The van der Waals surface area contributed by atoms with Gasteiger partial charge in [-0.25, -0.2) is 0 Å². The standard InChI is InChI=1S/7C14H18N2O5.2Tc/c7*1-9-4-3-5-10(2)14(9)15-11(17)6-16(7-12(18)19)8-13(20)21;;/h7*3-5H,6-8H2,1-2H3,(H,15,17)(H,18,19)(H,20,21);;/q;;;;;;;2*+7/p-14. The van der Waals surface area contributed by atoms with E-state index in [1.54, 1.807) is 0 Å². The predicted octanol–water partition coefficient (Wildman–Crippen LogP) is -13.7. The molecule has 0 aliphatic carbocycles. The van der Waals surface area contributed by atoms with Gasteiger partial charge in [0, 0.05) is 131 Å². The number of hydrogen-bond acceptors (Lipinski definition) is 42. The molecule has 0 fully saturated rings. The topological polar surface area (TPSA) is 788 Å². The van der Waals surface area contributed by atoms with Crippen molar-refractivity contribution in [1.29, 1.82) is 0 Å². The Morgan fingerprint density at radius 3 is 0.275 bits per heavy atom. The molecule has 0 bridgehead atoms. The summed E-state index contributed by atoms with van der Waals surface area (Å²) >= 11 is 0. The van der Waals surface area contributed by atoms with Crippen molar-refractivity contribution in [3.8, 4) is 0 Å². The number of aliphatic carboxylic acids is 14. The first-order chi connectivity index (χ1) is 68.5. The van der Waals surface area contributed by atoms with Crippen LogP contribution in [0, 0.1) is 96.9 Å². The number of anilines is 7. The number of para-hydroxylation sites is 7. The summed E-state index contributed by atoms with van der Waals surface area (Å²) in [5.74, 6) is -24.0. The average molecular weight is 2240 g/mol. The second-order valence-corrected chi connectivity index (χ2v) is 32.9. The minimum atomic E-state index is -1.46. The van der Waals surface area contributed by atoms with Crippen LogP contribution in [0.15, 0.2) is 127 Å². The van der Waals surface area contributed by atoms with Crippen LogP contribution >= 0.6 is 0 Å². The third kappa shape index (κ3) is 59.6. The fourth-order valence-electron chi connectivity index (χ4n) is 13.5. The Morgan fingerprint density at radius 2 is 0.215 bits per heavy atom. The molecule has 798 valence electrons. The minimum absolute atomic E-state index is 0. The molecule has 0 aliphatic heterocycles. The Balaban J connectivity index is 0. The maximum atomic E-state index is 11.9. The Kier molecular flexibility index (Phi) is 63.9. The molecular formula is C98H112N14O35Tc2. The molecule has 7 N–H and O–H groups in total.